The van der Waals surface area contributed by atoms with Gasteiger partial charge >= 0.3 is 0 Å². The Balaban J connectivity index is 1.63. The minimum atomic E-state index is -0.766. The predicted octanol–water partition coefficient (Wildman–Crippen LogP) is 6.53. The number of aliphatic hydroxyl groups is 1. The molecule has 0 saturated heterocycles. The third-order valence-corrected chi connectivity index (χ3v) is 11.8. The summed E-state index contributed by atoms with van der Waals surface area (Å²) in [4.78, 5) is 24.2. The van der Waals surface area contributed by atoms with E-state index in [1.165, 1.54) is 25.7 Å². The van der Waals surface area contributed by atoms with Gasteiger partial charge in [-0.25, -0.2) is 0 Å². The van der Waals surface area contributed by atoms with E-state index in [9.17, 15) is 14.7 Å². The molecule has 0 radical (unpaired) electrons. The predicted molar refractivity (Wildman–Crippen MR) is 129 cm³/mol. The van der Waals surface area contributed by atoms with Crippen molar-refractivity contribution in [3.63, 3.8) is 0 Å². The van der Waals surface area contributed by atoms with Crippen LogP contribution in [0.25, 0.3) is 0 Å². The van der Waals surface area contributed by atoms with Crippen LogP contribution in [0.15, 0.2) is 12.2 Å². The van der Waals surface area contributed by atoms with Crippen LogP contribution in [-0.2, 0) is 9.59 Å². The molecule has 0 heterocycles. The maximum Gasteiger partial charge on any atom is 0.152 e. The van der Waals surface area contributed by atoms with Crippen LogP contribution < -0.4 is 0 Å². The van der Waals surface area contributed by atoms with E-state index < -0.39 is 5.60 Å². The molecule has 0 aliphatic heterocycles. The first-order chi connectivity index (χ1) is 14.7. The standard InChI is InChI=1S/C29H46O3/c1-19(30)9-8-15-29(7,32)21-12-17-27(5)20(21)10-11-23-26(4)16-14-24(31)25(2,3)22(26)13-18-28(23,27)6/h8-9,20-23,32H,10-18H2,1-7H3/b9-8+/t20-,21+,22?,23?,26+,27-,28-,29+/m1/s1. The minimum absolute atomic E-state index is 0.0453. The van der Waals surface area contributed by atoms with E-state index in [-0.39, 0.29) is 33.4 Å². The Hall–Kier alpha value is -0.960. The van der Waals surface area contributed by atoms with Crippen LogP contribution in [-0.4, -0.2) is 22.3 Å². The maximum absolute atomic E-state index is 12.8. The molecule has 8 atom stereocenters. The molecule has 180 valence electrons. The molecule has 4 aliphatic carbocycles. The number of ketones is 2. The van der Waals surface area contributed by atoms with Gasteiger partial charge in [0, 0.05) is 11.8 Å². The fourth-order valence-electron chi connectivity index (χ4n) is 9.90. The van der Waals surface area contributed by atoms with Crippen molar-refractivity contribution >= 4 is 11.6 Å². The molecule has 2 unspecified atom stereocenters. The van der Waals surface area contributed by atoms with Gasteiger partial charge in [0.25, 0.3) is 0 Å². The fourth-order valence-corrected chi connectivity index (χ4v) is 9.90. The van der Waals surface area contributed by atoms with Crippen molar-refractivity contribution in [1.29, 1.82) is 0 Å². The molecule has 3 nitrogen and oxygen atoms in total. The molecule has 0 aromatic heterocycles. The van der Waals surface area contributed by atoms with E-state index in [2.05, 4.69) is 34.6 Å². The van der Waals surface area contributed by atoms with Gasteiger partial charge in [0.2, 0.25) is 0 Å². The summed E-state index contributed by atoms with van der Waals surface area (Å²) in [5.41, 5.74) is -0.232. The average Bonchev–Trinajstić information content (AvgIpc) is 3.04. The highest BCUT2D eigenvalue weighted by atomic mass is 16.3. The summed E-state index contributed by atoms with van der Waals surface area (Å²) in [6, 6.07) is 0. The number of fused-ring (bicyclic) bond motifs is 5. The molecule has 4 aliphatic rings. The van der Waals surface area contributed by atoms with E-state index in [4.69, 9.17) is 0 Å². The minimum Gasteiger partial charge on any atom is -0.390 e. The zero-order chi connectivity index (χ0) is 23.7. The topological polar surface area (TPSA) is 54.4 Å². The van der Waals surface area contributed by atoms with E-state index in [1.807, 2.05) is 13.0 Å². The number of hydrogen-bond donors (Lipinski definition) is 1. The average molecular weight is 443 g/mol. The molecular weight excluding hydrogens is 396 g/mol. The summed E-state index contributed by atoms with van der Waals surface area (Å²) in [6.45, 7) is 15.6. The van der Waals surface area contributed by atoms with Crippen molar-refractivity contribution in [2.45, 2.75) is 112 Å². The smallest absolute Gasteiger partial charge is 0.152 e. The number of Topliss-reactive ketones (excluding diaryl/α,β-unsaturated/α-hetero) is 1. The van der Waals surface area contributed by atoms with Gasteiger partial charge in [-0.1, -0.05) is 40.7 Å². The van der Waals surface area contributed by atoms with Crippen molar-refractivity contribution in [2.75, 3.05) is 0 Å². The Bertz CT molecular complexity index is 822. The Morgan fingerprint density at radius 2 is 1.66 bits per heavy atom. The molecule has 4 fully saturated rings. The second-order valence-electron chi connectivity index (χ2n) is 13.5. The zero-order valence-corrected chi connectivity index (χ0v) is 21.6. The van der Waals surface area contributed by atoms with Gasteiger partial charge in [-0.3, -0.25) is 9.59 Å². The van der Waals surface area contributed by atoms with E-state index in [0.29, 0.717) is 30.0 Å². The SMILES string of the molecule is CC(=O)/C=C/C[C@](C)(O)[C@H]1CC[C@]2(C)[C@@H]1CCC1[C@@]3(C)CCC(=O)C(C)(C)C3CC[C@]12C. The van der Waals surface area contributed by atoms with Crippen molar-refractivity contribution < 1.29 is 14.7 Å². The van der Waals surface area contributed by atoms with Gasteiger partial charge in [0.05, 0.1) is 5.60 Å². The number of rotatable bonds is 4. The Kier molecular flexibility index (Phi) is 5.68. The highest BCUT2D eigenvalue weighted by Crippen LogP contribution is 2.75. The van der Waals surface area contributed by atoms with E-state index in [1.54, 1.807) is 13.0 Å². The van der Waals surface area contributed by atoms with Crippen LogP contribution in [0.5, 0.6) is 0 Å². The summed E-state index contributed by atoms with van der Waals surface area (Å²) in [5, 5.41) is 11.5. The maximum atomic E-state index is 12.8. The van der Waals surface area contributed by atoms with Crippen molar-refractivity contribution in [3.05, 3.63) is 12.2 Å². The van der Waals surface area contributed by atoms with Crippen LogP contribution in [0.2, 0.25) is 0 Å². The van der Waals surface area contributed by atoms with Crippen LogP contribution >= 0.6 is 0 Å². The summed E-state index contributed by atoms with van der Waals surface area (Å²) in [6.07, 6.45) is 12.9. The first-order valence-electron chi connectivity index (χ1n) is 13.1. The highest BCUT2D eigenvalue weighted by molar-refractivity contribution is 5.87. The van der Waals surface area contributed by atoms with E-state index in [0.717, 1.165) is 25.7 Å². The lowest BCUT2D eigenvalue weighted by molar-refractivity contribution is -0.206. The largest absolute Gasteiger partial charge is 0.390 e. The monoisotopic (exact) mass is 442 g/mol. The fraction of sp³-hybridized carbons (Fsp3) is 0.862. The molecule has 3 heteroatoms. The van der Waals surface area contributed by atoms with Crippen molar-refractivity contribution in [3.8, 4) is 0 Å². The number of hydrogen-bond acceptors (Lipinski definition) is 3. The Morgan fingerprint density at radius 3 is 2.31 bits per heavy atom. The first-order valence-corrected chi connectivity index (χ1v) is 13.1. The second-order valence-corrected chi connectivity index (χ2v) is 13.5. The summed E-state index contributed by atoms with van der Waals surface area (Å²) < 4.78 is 0. The van der Waals surface area contributed by atoms with Gasteiger partial charge in [-0.2, -0.15) is 0 Å². The van der Waals surface area contributed by atoms with Crippen molar-refractivity contribution in [1.82, 2.24) is 0 Å². The lowest BCUT2D eigenvalue weighted by Crippen LogP contribution is -2.63. The first kappa shape index (κ1) is 24.2. The quantitative estimate of drug-likeness (QED) is 0.504. The molecule has 0 aromatic carbocycles. The molecule has 0 spiro atoms. The molecule has 0 aromatic rings. The van der Waals surface area contributed by atoms with Gasteiger partial charge < -0.3 is 5.11 Å². The third-order valence-electron chi connectivity index (χ3n) is 11.8. The number of carbonyl (C=O) groups excluding carboxylic acids is 2. The van der Waals surface area contributed by atoms with Crippen LogP contribution in [0.1, 0.15) is 106 Å². The van der Waals surface area contributed by atoms with Crippen LogP contribution in [0.4, 0.5) is 0 Å². The molecule has 1 N–H and O–H groups in total. The Morgan fingerprint density at radius 1 is 1.00 bits per heavy atom. The lowest BCUT2D eigenvalue weighted by atomic mass is 9.35. The molecule has 4 rings (SSSR count). The van der Waals surface area contributed by atoms with Gasteiger partial charge in [-0.15, -0.1) is 0 Å². The highest BCUT2D eigenvalue weighted by Gasteiger charge is 2.69. The van der Waals surface area contributed by atoms with Gasteiger partial charge in [0.1, 0.15) is 5.78 Å². The van der Waals surface area contributed by atoms with Gasteiger partial charge in [0.15, 0.2) is 5.78 Å². The molecule has 4 saturated carbocycles. The third kappa shape index (κ3) is 3.23. The molecular formula is C29H46O3. The molecule has 32 heavy (non-hydrogen) atoms. The van der Waals surface area contributed by atoms with Gasteiger partial charge in [-0.05, 0) is 111 Å². The molecule has 0 bridgehead atoms. The zero-order valence-electron chi connectivity index (χ0n) is 21.6. The number of carbonyl (C=O) groups is 2. The van der Waals surface area contributed by atoms with Crippen molar-refractivity contribution in [2.24, 2.45) is 45.3 Å². The van der Waals surface area contributed by atoms with Crippen LogP contribution in [0.3, 0.4) is 0 Å². The molecule has 0 amide bonds. The second kappa shape index (κ2) is 7.52. The summed E-state index contributed by atoms with van der Waals surface area (Å²) in [5.74, 6) is 2.48. The number of allylic oxidation sites excluding steroid dienone is 1. The normalized spacial score (nSPS) is 47.4. The summed E-state index contributed by atoms with van der Waals surface area (Å²) >= 11 is 0. The lowest BCUT2D eigenvalue weighted by Gasteiger charge is -2.69. The van der Waals surface area contributed by atoms with E-state index >= 15 is 0 Å². The Labute approximate surface area is 195 Å². The summed E-state index contributed by atoms with van der Waals surface area (Å²) in [7, 11) is 0. The van der Waals surface area contributed by atoms with Crippen LogP contribution in [0, 0.1) is 45.3 Å².